The van der Waals surface area contributed by atoms with Gasteiger partial charge in [0.05, 0.1) is 7.11 Å². The molecule has 1 heterocycles. The smallest absolute Gasteiger partial charge is 0.196 e. The van der Waals surface area contributed by atoms with E-state index in [0.29, 0.717) is 18.2 Å². The Hall–Kier alpha value is -2.96. The number of methoxy groups -OCH3 is 1. The third kappa shape index (κ3) is 5.21. The SMILES string of the molecule is COc1ccc(-n2c(COc3ccc(C)cc3)nnc2SCc2ccccc2Cl)cc1. The van der Waals surface area contributed by atoms with Crippen LogP contribution in [0.3, 0.4) is 0 Å². The summed E-state index contributed by atoms with van der Waals surface area (Å²) in [7, 11) is 1.65. The zero-order valence-corrected chi connectivity index (χ0v) is 18.9. The van der Waals surface area contributed by atoms with Crippen LogP contribution >= 0.6 is 23.4 Å². The largest absolute Gasteiger partial charge is 0.497 e. The fourth-order valence-electron chi connectivity index (χ4n) is 3.02. The highest BCUT2D eigenvalue weighted by Crippen LogP contribution is 2.29. The summed E-state index contributed by atoms with van der Waals surface area (Å²) in [6.07, 6.45) is 0. The van der Waals surface area contributed by atoms with Crippen LogP contribution in [0.4, 0.5) is 0 Å². The van der Waals surface area contributed by atoms with E-state index >= 15 is 0 Å². The molecule has 1 aromatic heterocycles. The minimum atomic E-state index is 0.300. The number of ether oxygens (including phenoxy) is 2. The maximum atomic E-state index is 6.32. The van der Waals surface area contributed by atoms with Crippen molar-refractivity contribution < 1.29 is 9.47 Å². The summed E-state index contributed by atoms with van der Waals surface area (Å²) in [5.74, 6) is 2.99. The van der Waals surface area contributed by atoms with E-state index in [1.54, 1.807) is 18.9 Å². The Morgan fingerprint density at radius 1 is 0.903 bits per heavy atom. The quantitative estimate of drug-likeness (QED) is 0.302. The first-order valence-electron chi connectivity index (χ1n) is 9.78. The van der Waals surface area contributed by atoms with Crippen molar-refractivity contribution >= 4 is 23.4 Å². The zero-order valence-electron chi connectivity index (χ0n) is 17.3. The summed E-state index contributed by atoms with van der Waals surface area (Å²) in [4.78, 5) is 0. The van der Waals surface area contributed by atoms with E-state index in [9.17, 15) is 0 Å². The number of hydrogen-bond acceptors (Lipinski definition) is 5. The van der Waals surface area contributed by atoms with Crippen LogP contribution in [0.1, 0.15) is 17.0 Å². The van der Waals surface area contributed by atoms with Crippen LogP contribution in [-0.4, -0.2) is 21.9 Å². The van der Waals surface area contributed by atoms with Crippen molar-refractivity contribution in [1.29, 1.82) is 0 Å². The first-order valence-corrected chi connectivity index (χ1v) is 11.1. The van der Waals surface area contributed by atoms with Gasteiger partial charge >= 0.3 is 0 Å². The van der Waals surface area contributed by atoms with Gasteiger partial charge in [0.15, 0.2) is 11.0 Å². The third-order valence-electron chi connectivity index (χ3n) is 4.73. The Balaban J connectivity index is 1.60. The number of aromatic nitrogens is 3. The van der Waals surface area contributed by atoms with Gasteiger partial charge < -0.3 is 9.47 Å². The first-order chi connectivity index (χ1) is 15.1. The van der Waals surface area contributed by atoms with E-state index < -0.39 is 0 Å². The molecule has 4 aromatic rings. The van der Waals surface area contributed by atoms with Gasteiger partial charge in [-0.05, 0) is 55.0 Å². The van der Waals surface area contributed by atoms with Gasteiger partial charge in [-0.3, -0.25) is 4.57 Å². The highest BCUT2D eigenvalue weighted by molar-refractivity contribution is 7.98. The van der Waals surface area contributed by atoms with E-state index in [2.05, 4.69) is 10.2 Å². The summed E-state index contributed by atoms with van der Waals surface area (Å²) in [5, 5.41) is 10.3. The summed E-state index contributed by atoms with van der Waals surface area (Å²) < 4.78 is 13.3. The lowest BCUT2D eigenvalue weighted by atomic mass is 10.2. The van der Waals surface area contributed by atoms with Crippen LogP contribution in [0.15, 0.2) is 78.0 Å². The van der Waals surface area contributed by atoms with Gasteiger partial charge in [-0.25, -0.2) is 0 Å². The van der Waals surface area contributed by atoms with Gasteiger partial charge in [-0.2, -0.15) is 0 Å². The number of aryl methyl sites for hydroxylation is 1. The number of rotatable bonds is 8. The van der Waals surface area contributed by atoms with E-state index in [4.69, 9.17) is 21.1 Å². The van der Waals surface area contributed by atoms with Crippen LogP contribution in [0.5, 0.6) is 11.5 Å². The molecule has 4 rings (SSSR count). The average molecular weight is 452 g/mol. The molecule has 0 saturated heterocycles. The van der Waals surface area contributed by atoms with Crippen molar-refractivity contribution in [3.63, 3.8) is 0 Å². The van der Waals surface area contributed by atoms with E-state index in [0.717, 1.165) is 32.9 Å². The fraction of sp³-hybridized carbons (Fsp3) is 0.167. The molecule has 158 valence electrons. The molecule has 5 nitrogen and oxygen atoms in total. The zero-order chi connectivity index (χ0) is 21.6. The summed E-state index contributed by atoms with van der Waals surface area (Å²) >= 11 is 7.91. The molecule has 0 unspecified atom stereocenters. The molecule has 0 aliphatic heterocycles. The normalized spacial score (nSPS) is 10.8. The maximum Gasteiger partial charge on any atom is 0.196 e. The highest BCUT2D eigenvalue weighted by atomic mass is 35.5. The minimum absolute atomic E-state index is 0.300. The third-order valence-corrected chi connectivity index (χ3v) is 6.08. The first kappa shape index (κ1) is 21.3. The molecule has 0 atom stereocenters. The Bertz CT molecular complexity index is 1140. The van der Waals surface area contributed by atoms with E-state index in [-0.39, 0.29) is 0 Å². The van der Waals surface area contributed by atoms with Crippen molar-refractivity contribution in [3.05, 3.63) is 94.8 Å². The average Bonchev–Trinajstić information content (AvgIpc) is 3.21. The van der Waals surface area contributed by atoms with Gasteiger partial charge in [0.2, 0.25) is 0 Å². The Kier molecular flexibility index (Phi) is 6.79. The topological polar surface area (TPSA) is 49.2 Å². The summed E-state index contributed by atoms with van der Waals surface area (Å²) in [6.45, 7) is 2.35. The van der Waals surface area contributed by atoms with Crippen molar-refractivity contribution in [1.82, 2.24) is 14.8 Å². The van der Waals surface area contributed by atoms with Gasteiger partial charge in [0, 0.05) is 16.5 Å². The minimum Gasteiger partial charge on any atom is -0.497 e. The van der Waals surface area contributed by atoms with E-state index in [1.165, 1.54) is 5.56 Å². The Morgan fingerprint density at radius 2 is 1.61 bits per heavy atom. The number of thioether (sulfide) groups is 1. The lowest BCUT2D eigenvalue weighted by molar-refractivity contribution is 0.292. The lowest BCUT2D eigenvalue weighted by Gasteiger charge is -2.12. The second kappa shape index (κ2) is 9.90. The van der Waals surface area contributed by atoms with Gasteiger partial charge in [0.1, 0.15) is 18.1 Å². The number of benzene rings is 3. The van der Waals surface area contributed by atoms with Crippen LogP contribution < -0.4 is 9.47 Å². The number of nitrogens with zero attached hydrogens (tertiary/aromatic N) is 3. The van der Waals surface area contributed by atoms with Crippen LogP contribution in [0.2, 0.25) is 5.02 Å². The van der Waals surface area contributed by atoms with Gasteiger partial charge in [0.25, 0.3) is 0 Å². The van der Waals surface area contributed by atoms with Crippen LogP contribution in [0, 0.1) is 6.92 Å². The van der Waals surface area contributed by atoms with E-state index in [1.807, 2.05) is 84.3 Å². The monoisotopic (exact) mass is 451 g/mol. The highest BCUT2D eigenvalue weighted by Gasteiger charge is 2.16. The molecule has 0 radical (unpaired) electrons. The molecule has 0 N–H and O–H groups in total. The fourth-order valence-corrected chi connectivity index (χ4v) is 4.27. The molecule has 0 amide bonds. The standard InChI is InChI=1S/C24H22ClN3O2S/c1-17-7-11-21(12-8-17)30-15-23-26-27-24(31-16-18-5-3-4-6-22(18)25)28(23)19-9-13-20(29-2)14-10-19/h3-14H,15-16H2,1-2H3. The number of halogens is 1. The van der Waals surface area contributed by atoms with Crippen molar-refractivity contribution in [2.75, 3.05) is 7.11 Å². The van der Waals surface area contributed by atoms with Crippen molar-refractivity contribution in [2.45, 2.75) is 24.4 Å². The molecule has 0 spiro atoms. The predicted octanol–water partition coefficient (Wildman–Crippen LogP) is 6.11. The Labute approximate surface area is 191 Å². The molecule has 0 saturated carbocycles. The van der Waals surface area contributed by atoms with Gasteiger partial charge in [-0.15, -0.1) is 10.2 Å². The predicted molar refractivity (Wildman–Crippen MR) is 124 cm³/mol. The maximum absolute atomic E-state index is 6.32. The summed E-state index contributed by atoms with van der Waals surface area (Å²) in [5.41, 5.74) is 3.18. The Morgan fingerprint density at radius 3 is 2.32 bits per heavy atom. The molecule has 0 bridgehead atoms. The molecule has 3 aromatic carbocycles. The molecule has 0 aliphatic rings. The second-order valence-electron chi connectivity index (χ2n) is 6.91. The molecular weight excluding hydrogens is 430 g/mol. The second-order valence-corrected chi connectivity index (χ2v) is 8.26. The summed E-state index contributed by atoms with van der Waals surface area (Å²) in [6, 6.07) is 23.6. The van der Waals surface area contributed by atoms with Crippen LogP contribution in [0.25, 0.3) is 5.69 Å². The van der Waals surface area contributed by atoms with Crippen molar-refractivity contribution in [3.8, 4) is 17.2 Å². The van der Waals surface area contributed by atoms with Gasteiger partial charge in [-0.1, -0.05) is 59.3 Å². The molecule has 0 fully saturated rings. The van der Waals surface area contributed by atoms with Crippen LogP contribution in [-0.2, 0) is 12.4 Å². The lowest BCUT2D eigenvalue weighted by Crippen LogP contribution is -2.06. The van der Waals surface area contributed by atoms with Crippen molar-refractivity contribution in [2.24, 2.45) is 0 Å². The molecule has 7 heteroatoms. The molecule has 0 aliphatic carbocycles. The number of hydrogen-bond donors (Lipinski definition) is 0. The molecular formula is C24H22ClN3O2S. The molecule has 31 heavy (non-hydrogen) atoms.